The van der Waals surface area contributed by atoms with E-state index in [9.17, 15) is 4.79 Å². The first-order valence-electron chi connectivity index (χ1n) is 5.11. The molecule has 0 saturated heterocycles. The molecule has 0 fully saturated rings. The second-order valence-electron chi connectivity index (χ2n) is 3.39. The summed E-state index contributed by atoms with van der Waals surface area (Å²) in [7, 11) is 0. The zero-order chi connectivity index (χ0) is 13.8. The third kappa shape index (κ3) is 3.34. The number of halogens is 3. The minimum Gasteiger partial charge on any atom is -0.488 e. The van der Waals surface area contributed by atoms with Gasteiger partial charge in [0.2, 0.25) is 0 Å². The first-order chi connectivity index (χ1) is 9.09. The lowest BCUT2D eigenvalue weighted by molar-refractivity contribution is 0.108. The number of nitrogens with zero attached hydrogens (tertiary/aromatic N) is 4. The molecule has 100 valence electrons. The lowest BCUT2D eigenvalue weighted by Gasteiger charge is -2.11. The number of aromatic nitrogens is 4. The van der Waals surface area contributed by atoms with Crippen molar-refractivity contribution in [2.45, 2.75) is 6.54 Å². The van der Waals surface area contributed by atoms with Gasteiger partial charge in [0.1, 0.15) is 6.61 Å². The Morgan fingerprint density at radius 2 is 2.16 bits per heavy atom. The van der Waals surface area contributed by atoms with Crippen LogP contribution in [0.3, 0.4) is 0 Å². The van der Waals surface area contributed by atoms with Crippen LogP contribution in [0.25, 0.3) is 0 Å². The monoisotopic (exact) mass is 320 g/mol. The lowest BCUT2D eigenvalue weighted by atomic mass is 10.2. The number of carbonyl (C=O) groups is 1. The first-order valence-corrected chi connectivity index (χ1v) is 6.24. The molecule has 2 aromatic rings. The predicted octanol–water partition coefficient (Wildman–Crippen LogP) is 2.44. The van der Waals surface area contributed by atoms with Gasteiger partial charge in [-0.1, -0.05) is 23.2 Å². The second kappa shape index (κ2) is 6.18. The highest BCUT2D eigenvalue weighted by Gasteiger charge is 2.16. The molecule has 0 radical (unpaired) electrons. The van der Waals surface area contributed by atoms with Crippen molar-refractivity contribution in [1.82, 2.24) is 20.2 Å². The van der Waals surface area contributed by atoms with Crippen LogP contribution in [0, 0.1) is 0 Å². The average molecular weight is 322 g/mol. The smallest absolute Gasteiger partial charge is 0.254 e. The molecule has 0 unspecified atom stereocenters. The van der Waals surface area contributed by atoms with Crippen LogP contribution in [-0.2, 0) is 6.54 Å². The standard InChI is InChI=1S/C10H7Cl3N4O2/c11-7-2-1-6(10(13)18)8(12)9(7)19-4-3-17-15-5-14-16-17/h1-2,5H,3-4H2. The summed E-state index contributed by atoms with van der Waals surface area (Å²) in [4.78, 5) is 12.5. The maximum Gasteiger partial charge on any atom is 0.254 e. The van der Waals surface area contributed by atoms with Crippen molar-refractivity contribution in [1.29, 1.82) is 0 Å². The molecule has 0 aliphatic carbocycles. The number of hydrogen-bond acceptors (Lipinski definition) is 5. The maximum absolute atomic E-state index is 11.1. The van der Waals surface area contributed by atoms with Gasteiger partial charge in [0.15, 0.2) is 12.1 Å². The third-order valence-corrected chi connectivity index (χ3v) is 3.07. The fraction of sp³-hybridized carbons (Fsp3) is 0.200. The second-order valence-corrected chi connectivity index (χ2v) is 4.52. The van der Waals surface area contributed by atoms with E-state index in [0.717, 1.165) is 0 Å². The van der Waals surface area contributed by atoms with E-state index in [1.807, 2.05) is 0 Å². The van der Waals surface area contributed by atoms with Crippen molar-refractivity contribution in [3.05, 3.63) is 34.1 Å². The summed E-state index contributed by atoms with van der Waals surface area (Å²) in [5.41, 5.74) is 0.140. The Labute approximate surface area is 123 Å². The van der Waals surface area contributed by atoms with Crippen LogP contribution in [0.5, 0.6) is 5.75 Å². The lowest BCUT2D eigenvalue weighted by Crippen LogP contribution is -2.11. The van der Waals surface area contributed by atoms with Crippen LogP contribution >= 0.6 is 34.8 Å². The van der Waals surface area contributed by atoms with E-state index in [4.69, 9.17) is 39.5 Å². The molecule has 0 amide bonds. The molecule has 0 aliphatic rings. The van der Waals surface area contributed by atoms with Gasteiger partial charge in [-0.15, -0.1) is 10.2 Å². The number of hydrogen-bond donors (Lipinski definition) is 0. The van der Waals surface area contributed by atoms with Gasteiger partial charge in [-0.2, -0.15) is 4.80 Å². The van der Waals surface area contributed by atoms with E-state index in [0.29, 0.717) is 11.6 Å². The van der Waals surface area contributed by atoms with Gasteiger partial charge < -0.3 is 4.74 Å². The molecular weight excluding hydrogens is 314 g/mol. The number of rotatable bonds is 5. The molecule has 19 heavy (non-hydrogen) atoms. The Morgan fingerprint density at radius 3 is 2.79 bits per heavy atom. The van der Waals surface area contributed by atoms with Crippen molar-refractivity contribution < 1.29 is 9.53 Å². The van der Waals surface area contributed by atoms with E-state index < -0.39 is 5.24 Å². The predicted molar refractivity (Wildman–Crippen MR) is 70.0 cm³/mol. The summed E-state index contributed by atoms with van der Waals surface area (Å²) in [6.45, 7) is 0.585. The van der Waals surface area contributed by atoms with E-state index in [2.05, 4.69) is 15.4 Å². The van der Waals surface area contributed by atoms with Crippen LogP contribution in [0.2, 0.25) is 10.0 Å². The SMILES string of the molecule is O=C(Cl)c1ccc(Cl)c(OCCn2ncnn2)c1Cl. The fourth-order valence-corrected chi connectivity index (χ4v) is 2.11. The third-order valence-electron chi connectivity index (χ3n) is 2.19. The van der Waals surface area contributed by atoms with Gasteiger partial charge in [-0.3, -0.25) is 4.79 Å². The Hall–Kier alpha value is -1.37. The highest BCUT2D eigenvalue weighted by Crippen LogP contribution is 2.36. The van der Waals surface area contributed by atoms with E-state index in [1.165, 1.54) is 23.3 Å². The van der Waals surface area contributed by atoms with Crippen LogP contribution < -0.4 is 4.74 Å². The summed E-state index contributed by atoms with van der Waals surface area (Å²) < 4.78 is 5.43. The van der Waals surface area contributed by atoms with Crippen molar-refractivity contribution in [2.75, 3.05) is 6.61 Å². The summed E-state index contributed by atoms with van der Waals surface area (Å²) in [5.74, 6) is 0.204. The van der Waals surface area contributed by atoms with E-state index in [1.54, 1.807) is 0 Å². The molecule has 0 spiro atoms. The van der Waals surface area contributed by atoms with Crippen molar-refractivity contribution >= 4 is 40.0 Å². The number of ether oxygens (including phenoxy) is 1. The number of benzene rings is 1. The molecule has 0 N–H and O–H groups in total. The van der Waals surface area contributed by atoms with Crippen LogP contribution in [0.1, 0.15) is 10.4 Å². The zero-order valence-electron chi connectivity index (χ0n) is 9.39. The normalized spacial score (nSPS) is 10.5. The number of tetrazole rings is 1. The highest BCUT2D eigenvalue weighted by atomic mass is 35.5. The molecule has 1 aromatic heterocycles. The largest absolute Gasteiger partial charge is 0.488 e. The van der Waals surface area contributed by atoms with Gasteiger partial charge in [0.25, 0.3) is 5.24 Å². The Kier molecular flexibility index (Phi) is 4.57. The van der Waals surface area contributed by atoms with E-state index in [-0.39, 0.29) is 22.9 Å². The fourth-order valence-electron chi connectivity index (χ4n) is 1.34. The van der Waals surface area contributed by atoms with Crippen LogP contribution in [-0.4, -0.2) is 32.1 Å². The molecule has 0 atom stereocenters. The molecule has 0 saturated carbocycles. The van der Waals surface area contributed by atoms with Crippen molar-refractivity contribution in [3.8, 4) is 5.75 Å². The summed E-state index contributed by atoms with van der Waals surface area (Å²) in [6, 6.07) is 2.93. The van der Waals surface area contributed by atoms with Crippen molar-refractivity contribution in [3.63, 3.8) is 0 Å². The molecule has 1 heterocycles. The molecule has 9 heteroatoms. The van der Waals surface area contributed by atoms with Crippen LogP contribution in [0.4, 0.5) is 0 Å². The first kappa shape index (κ1) is 14.0. The molecule has 0 bridgehead atoms. The number of carbonyl (C=O) groups excluding carboxylic acids is 1. The Balaban J connectivity index is 2.11. The summed E-state index contributed by atoms with van der Waals surface area (Å²) in [5, 5.41) is 10.7. The molecule has 1 aromatic carbocycles. The maximum atomic E-state index is 11.1. The quantitative estimate of drug-likeness (QED) is 0.791. The van der Waals surface area contributed by atoms with E-state index >= 15 is 0 Å². The summed E-state index contributed by atoms with van der Waals surface area (Å²) >= 11 is 17.4. The highest BCUT2D eigenvalue weighted by molar-refractivity contribution is 6.69. The minimum absolute atomic E-state index is 0.0825. The average Bonchev–Trinajstić information content (AvgIpc) is 2.86. The van der Waals surface area contributed by atoms with Crippen LogP contribution in [0.15, 0.2) is 18.5 Å². The topological polar surface area (TPSA) is 69.9 Å². The molecule has 2 rings (SSSR count). The molecular formula is C10H7Cl3N4O2. The summed E-state index contributed by atoms with van der Waals surface area (Å²) in [6.07, 6.45) is 1.31. The zero-order valence-corrected chi connectivity index (χ0v) is 11.7. The Morgan fingerprint density at radius 1 is 1.37 bits per heavy atom. The van der Waals surface area contributed by atoms with Crippen molar-refractivity contribution in [2.24, 2.45) is 0 Å². The van der Waals surface area contributed by atoms with Gasteiger partial charge in [-0.05, 0) is 28.9 Å². The van der Waals surface area contributed by atoms with Gasteiger partial charge >= 0.3 is 0 Å². The van der Waals surface area contributed by atoms with Gasteiger partial charge in [-0.25, -0.2) is 0 Å². The van der Waals surface area contributed by atoms with Gasteiger partial charge in [0.05, 0.1) is 22.2 Å². The molecule has 6 nitrogen and oxygen atoms in total. The Bertz CT molecular complexity index is 589. The minimum atomic E-state index is -0.676. The molecule has 0 aliphatic heterocycles. The van der Waals surface area contributed by atoms with Gasteiger partial charge in [0, 0.05) is 0 Å².